The minimum Gasteiger partial charge on any atom is -0.341 e. The van der Waals surface area contributed by atoms with Gasteiger partial charge in [0.05, 0.1) is 11.4 Å². The molecule has 2 heterocycles. The van der Waals surface area contributed by atoms with Crippen LogP contribution in [0.15, 0.2) is 23.8 Å². The number of hydrogen-bond donors (Lipinski definition) is 3. The highest BCUT2D eigenvalue weighted by Crippen LogP contribution is 2.41. The average Bonchev–Trinajstić information content (AvgIpc) is 3.45. The molecule has 0 aromatic carbocycles. The summed E-state index contributed by atoms with van der Waals surface area (Å²) in [7, 11) is 0. The molecular weight excluding hydrogens is 408 g/mol. The summed E-state index contributed by atoms with van der Waals surface area (Å²) in [4.78, 5) is 15.8. The maximum absolute atomic E-state index is 13.7. The molecule has 2 aliphatic carbocycles. The van der Waals surface area contributed by atoms with Crippen molar-refractivity contribution >= 4 is 17.5 Å². The number of nitrogens with one attached hydrogen (secondary N) is 3. The fraction of sp³-hybridized carbons (Fsp3) is 0.800. The van der Waals surface area contributed by atoms with Gasteiger partial charge >= 0.3 is 0 Å². The quantitative estimate of drug-likeness (QED) is 0.522. The third-order valence-electron chi connectivity index (χ3n) is 7.87. The molecule has 4 atom stereocenters. The molecule has 5 nitrogen and oxygen atoms in total. The monoisotopic (exact) mass is 448 g/mol. The summed E-state index contributed by atoms with van der Waals surface area (Å²) in [5.74, 6) is 1.53. The molecule has 0 aromatic rings. The first-order valence-corrected chi connectivity index (χ1v) is 12.8. The second-order valence-corrected chi connectivity index (χ2v) is 11.3. The van der Waals surface area contributed by atoms with Crippen LogP contribution in [-0.2, 0) is 4.79 Å². The average molecular weight is 449 g/mol. The standard InChI is InChI=1S/C25H41ClN4O/c1-25(2)16-30(12-11-22(25)19-7-9-20(26)10-8-19)24(31)23(13-21-15-27-17-29-21)28-14-18-5-3-4-6-18/h7-9,18,20-23,27-29H,3-6,10-17H2,1-2H3/t20?,21?,22?,23-/m1/s1. The molecule has 1 saturated carbocycles. The van der Waals surface area contributed by atoms with Crippen LogP contribution in [0.2, 0.25) is 0 Å². The number of carbonyl (C=O) groups excluding carboxylic acids is 1. The SMILES string of the molecule is CC1(C)CN(C(=O)[C@@H](CC2CNCN2)NCC2CCCC2)CCC1C1=CCC(Cl)C=C1. The summed E-state index contributed by atoms with van der Waals surface area (Å²) in [5, 5.41) is 10.7. The van der Waals surface area contributed by atoms with Gasteiger partial charge < -0.3 is 20.9 Å². The van der Waals surface area contributed by atoms with E-state index in [4.69, 9.17) is 11.6 Å². The van der Waals surface area contributed by atoms with Crippen LogP contribution in [0.4, 0.5) is 0 Å². The van der Waals surface area contributed by atoms with Gasteiger partial charge in [0.25, 0.3) is 0 Å². The second kappa shape index (κ2) is 10.4. The van der Waals surface area contributed by atoms with Crippen molar-refractivity contribution in [3.63, 3.8) is 0 Å². The summed E-state index contributed by atoms with van der Waals surface area (Å²) in [6.45, 7) is 9.09. The van der Waals surface area contributed by atoms with E-state index in [0.29, 0.717) is 17.9 Å². The highest BCUT2D eigenvalue weighted by Gasteiger charge is 2.41. The first-order chi connectivity index (χ1) is 14.9. The van der Waals surface area contributed by atoms with Crippen molar-refractivity contribution in [3.05, 3.63) is 23.8 Å². The Bertz CT molecular complexity index is 679. The van der Waals surface area contributed by atoms with E-state index >= 15 is 0 Å². The van der Waals surface area contributed by atoms with Crippen LogP contribution in [0.1, 0.15) is 58.8 Å². The molecule has 2 saturated heterocycles. The number of piperidine rings is 1. The first-order valence-electron chi connectivity index (χ1n) is 12.4. The Morgan fingerprint density at radius 3 is 2.77 bits per heavy atom. The van der Waals surface area contributed by atoms with Crippen molar-refractivity contribution < 1.29 is 4.79 Å². The van der Waals surface area contributed by atoms with E-state index in [1.54, 1.807) is 0 Å². The molecule has 3 N–H and O–H groups in total. The fourth-order valence-corrected chi connectivity index (χ4v) is 6.20. The lowest BCUT2D eigenvalue weighted by Crippen LogP contribution is -2.55. The van der Waals surface area contributed by atoms with E-state index in [0.717, 1.165) is 58.0 Å². The second-order valence-electron chi connectivity index (χ2n) is 10.8. The van der Waals surface area contributed by atoms with Gasteiger partial charge in [0.15, 0.2) is 0 Å². The number of likely N-dealkylation sites (tertiary alicyclic amines) is 1. The summed E-state index contributed by atoms with van der Waals surface area (Å²) in [5.41, 5.74) is 1.47. The van der Waals surface area contributed by atoms with E-state index in [1.165, 1.54) is 31.3 Å². The smallest absolute Gasteiger partial charge is 0.239 e. The van der Waals surface area contributed by atoms with Gasteiger partial charge in [-0.15, -0.1) is 11.6 Å². The van der Waals surface area contributed by atoms with E-state index < -0.39 is 0 Å². The van der Waals surface area contributed by atoms with Crippen molar-refractivity contribution in [3.8, 4) is 0 Å². The Hall–Kier alpha value is -0.880. The summed E-state index contributed by atoms with van der Waals surface area (Å²) >= 11 is 6.24. The van der Waals surface area contributed by atoms with Gasteiger partial charge in [-0.2, -0.15) is 0 Å². The Kier molecular flexibility index (Phi) is 7.79. The van der Waals surface area contributed by atoms with Crippen LogP contribution in [0.3, 0.4) is 0 Å². The molecule has 4 rings (SSSR count). The zero-order chi connectivity index (χ0) is 21.8. The summed E-state index contributed by atoms with van der Waals surface area (Å²) in [6.07, 6.45) is 14.8. The van der Waals surface area contributed by atoms with Crippen LogP contribution >= 0.6 is 11.6 Å². The maximum Gasteiger partial charge on any atom is 0.239 e. The highest BCUT2D eigenvalue weighted by molar-refractivity contribution is 6.22. The molecule has 3 unspecified atom stereocenters. The van der Waals surface area contributed by atoms with Crippen molar-refractivity contribution in [2.75, 3.05) is 32.8 Å². The van der Waals surface area contributed by atoms with E-state index in [2.05, 4.69) is 52.9 Å². The molecule has 31 heavy (non-hydrogen) atoms. The lowest BCUT2D eigenvalue weighted by Gasteiger charge is -2.46. The molecular formula is C25H41ClN4O. The van der Waals surface area contributed by atoms with Gasteiger partial charge in [0, 0.05) is 32.3 Å². The first kappa shape index (κ1) is 23.3. The van der Waals surface area contributed by atoms with Gasteiger partial charge in [-0.3, -0.25) is 4.79 Å². The molecule has 3 fully saturated rings. The Balaban J connectivity index is 1.39. The number of allylic oxidation sites excluding steroid dienone is 4. The molecule has 0 aromatic heterocycles. The number of nitrogens with zero attached hydrogens (tertiary/aromatic N) is 1. The predicted molar refractivity (Wildman–Crippen MR) is 128 cm³/mol. The van der Waals surface area contributed by atoms with Crippen LogP contribution in [-0.4, -0.2) is 61.1 Å². The number of rotatable bonds is 7. The lowest BCUT2D eigenvalue weighted by atomic mass is 9.69. The summed E-state index contributed by atoms with van der Waals surface area (Å²) < 4.78 is 0. The third-order valence-corrected chi connectivity index (χ3v) is 8.20. The topological polar surface area (TPSA) is 56.4 Å². The number of hydrogen-bond acceptors (Lipinski definition) is 4. The van der Waals surface area contributed by atoms with Crippen LogP contribution in [0, 0.1) is 17.3 Å². The normalized spacial score (nSPS) is 32.3. The number of amides is 1. The maximum atomic E-state index is 13.7. The van der Waals surface area contributed by atoms with E-state index in [-0.39, 0.29) is 16.8 Å². The van der Waals surface area contributed by atoms with Crippen molar-refractivity contribution in [2.24, 2.45) is 17.3 Å². The molecule has 6 heteroatoms. The molecule has 0 radical (unpaired) electrons. The van der Waals surface area contributed by atoms with Crippen molar-refractivity contribution in [2.45, 2.75) is 76.3 Å². The van der Waals surface area contributed by atoms with Gasteiger partial charge in [-0.1, -0.05) is 44.9 Å². The van der Waals surface area contributed by atoms with Gasteiger partial charge in [-0.25, -0.2) is 0 Å². The molecule has 1 amide bonds. The van der Waals surface area contributed by atoms with Gasteiger partial charge in [-0.05, 0) is 61.5 Å². The number of alkyl halides is 1. The lowest BCUT2D eigenvalue weighted by molar-refractivity contribution is -0.138. The largest absolute Gasteiger partial charge is 0.341 e. The van der Waals surface area contributed by atoms with E-state index in [9.17, 15) is 4.79 Å². The van der Waals surface area contributed by atoms with Crippen LogP contribution in [0.25, 0.3) is 0 Å². The molecule has 0 bridgehead atoms. The van der Waals surface area contributed by atoms with Gasteiger partial charge in [0.1, 0.15) is 0 Å². The van der Waals surface area contributed by atoms with Crippen molar-refractivity contribution in [1.82, 2.24) is 20.9 Å². The molecule has 0 spiro atoms. The Morgan fingerprint density at radius 1 is 1.32 bits per heavy atom. The van der Waals surface area contributed by atoms with Gasteiger partial charge in [0.2, 0.25) is 5.91 Å². The van der Waals surface area contributed by atoms with Crippen molar-refractivity contribution in [1.29, 1.82) is 0 Å². The number of halogens is 1. The summed E-state index contributed by atoms with van der Waals surface area (Å²) in [6, 6.07) is 0.285. The molecule has 4 aliphatic rings. The van der Waals surface area contributed by atoms with E-state index in [1.807, 2.05) is 0 Å². The zero-order valence-electron chi connectivity index (χ0n) is 19.3. The minimum absolute atomic E-state index is 0.0619. The predicted octanol–water partition coefficient (Wildman–Crippen LogP) is 3.41. The zero-order valence-corrected chi connectivity index (χ0v) is 20.1. The Morgan fingerprint density at radius 2 is 2.13 bits per heavy atom. The highest BCUT2D eigenvalue weighted by atomic mass is 35.5. The fourth-order valence-electron chi connectivity index (χ4n) is 6.03. The molecule has 174 valence electrons. The third kappa shape index (κ3) is 5.93. The molecule has 2 aliphatic heterocycles. The van der Waals surface area contributed by atoms with Crippen LogP contribution in [0.5, 0.6) is 0 Å². The Labute approximate surface area is 193 Å². The number of carbonyl (C=O) groups is 1. The van der Waals surface area contributed by atoms with Crippen LogP contribution < -0.4 is 16.0 Å². The minimum atomic E-state index is -0.0869.